The van der Waals surface area contributed by atoms with E-state index in [1.54, 1.807) is 12.1 Å². The van der Waals surface area contributed by atoms with E-state index in [1.165, 1.54) is 50.8 Å². The van der Waals surface area contributed by atoms with Crippen LogP contribution < -0.4 is 0 Å². The SMILES string of the molecule is Cc1ccc(-c2ccc(CC(=O)CCCN3CCC(N4CCCCC4)CC3)c(F)c2)cc1. The van der Waals surface area contributed by atoms with Crippen LogP contribution in [0.5, 0.6) is 0 Å². The maximum Gasteiger partial charge on any atom is 0.137 e. The zero-order chi connectivity index (χ0) is 22.3. The van der Waals surface area contributed by atoms with E-state index in [1.807, 2.05) is 37.3 Å². The first-order chi connectivity index (χ1) is 15.6. The summed E-state index contributed by atoms with van der Waals surface area (Å²) in [6.45, 7) is 7.86. The number of likely N-dealkylation sites (tertiary alicyclic amines) is 2. The molecule has 0 aromatic heterocycles. The van der Waals surface area contributed by atoms with Crippen molar-refractivity contribution in [1.82, 2.24) is 9.80 Å². The normalized spacial score (nSPS) is 18.7. The molecule has 0 bridgehead atoms. The van der Waals surface area contributed by atoms with Gasteiger partial charge < -0.3 is 9.80 Å². The maximum absolute atomic E-state index is 14.6. The summed E-state index contributed by atoms with van der Waals surface area (Å²) in [7, 11) is 0. The number of hydrogen-bond donors (Lipinski definition) is 0. The zero-order valence-electron chi connectivity index (χ0n) is 19.5. The van der Waals surface area contributed by atoms with E-state index >= 15 is 0 Å². The van der Waals surface area contributed by atoms with E-state index < -0.39 is 0 Å². The molecule has 0 saturated carbocycles. The number of carbonyl (C=O) groups excluding carboxylic acids is 1. The monoisotopic (exact) mass is 436 g/mol. The molecule has 0 unspecified atom stereocenters. The molecule has 2 aliphatic heterocycles. The molecule has 2 aromatic rings. The molecular formula is C28H37FN2O. The number of ketones is 1. The minimum atomic E-state index is -0.281. The summed E-state index contributed by atoms with van der Waals surface area (Å²) >= 11 is 0. The average molecular weight is 437 g/mol. The first-order valence-corrected chi connectivity index (χ1v) is 12.4. The lowest BCUT2D eigenvalue weighted by Crippen LogP contribution is -2.46. The van der Waals surface area contributed by atoms with Gasteiger partial charge >= 0.3 is 0 Å². The molecule has 0 radical (unpaired) electrons. The zero-order valence-corrected chi connectivity index (χ0v) is 19.5. The molecule has 2 aromatic carbocycles. The van der Waals surface area contributed by atoms with Crippen LogP contribution >= 0.6 is 0 Å². The van der Waals surface area contributed by atoms with Gasteiger partial charge in [-0.3, -0.25) is 4.79 Å². The van der Waals surface area contributed by atoms with Crippen molar-refractivity contribution in [2.24, 2.45) is 0 Å². The van der Waals surface area contributed by atoms with Crippen LogP contribution in [0.4, 0.5) is 4.39 Å². The molecule has 2 fully saturated rings. The van der Waals surface area contributed by atoms with Gasteiger partial charge in [0.05, 0.1) is 0 Å². The van der Waals surface area contributed by atoms with Gasteiger partial charge in [-0.15, -0.1) is 0 Å². The average Bonchev–Trinajstić information content (AvgIpc) is 2.82. The van der Waals surface area contributed by atoms with Crippen molar-refractivity contribution < 1.29 is 9.18 Å². The van der Waals surface area contributed by atoms with Crippen molar-refractivity contribution >= 4 is 5.78 Å². The summed E-state index contributed by atoms with van der Waals surface area (Å²) in [6, 6.07) is 14.1. The van der Waals surface area contributed by atoms with Gasteiger partial charge in [0.15, 0.2) is 0 Å². The summed E-state index contributed by atoms with van der Waals surface area (Å²) in [5.41, 5.74) is 3.54. The summed E-state index contributed by atoms with van der Waals surface area (Å²) in [4.78, 5) is 17.7. The number of rotatable bonds is 8. The number of carbonyl (C=O) groups is 1. The molecule has 2 heterocycles. The number of Topliss-reactive ketones (excluding diaryl/α,β-unsaturated/α-hetero) is 1. The molecule has 4 heteroatoms. The molecule has 0 atom stereocenters. The first kappa shape index (κ1) is 23.1. The van der Waals surface area contributed by atoms with E-state index in [0.717, 1.165) is 43.2 Å². The third kappa shape index (κ3) is 6.26. The van der Waals surface area contributed by atoms with Crippen molar-refractivity contribution in [2.45, 2.75) is 64.3 Å². The lowest BCUT2D eigenvalue weighted by atomic mass is 9.98. The highest BCUT2D eigenvalue weighted by molar-refractivity contribution is 5.81. The van der Waals surface area contributed by atoms with Crippen molar-refractivity contribution in [3.05, 3.63) is 59.4 Å². The van der Waals surface area contributed by atoms with E-state index in [-0.39, 0.29) is 18.0 Å². The molecule has 3 nitrogen and oxygen atoms in total. The van der Waals surface area contributed by atoms with Crippen LogP contribution in [0, 0.1) is 12.7 Å². The van der Waals surface area contributed by atoms with Crippen LogP contribution in [0.3, 0.4) is 0 Å². The number of piperidine rings is 2. The maximum atomic E-state index is 14.6. The van der Waals surface area contributed by atoms with Crippen molar-refractivity contribution in [3.8, 4) is 11.1 Å². The predicted octanol–water partition coefficient (Wildman–Crippen LogP) is 5.64. The molecule has 32 heavy (non-hydrogen) atoms. The second kappa shape index (κ2) is 11.2. The smallest absolute Gasteiger partial charge is 0.137 e. The fraction of sp³-hybridized carbons (Fsp3) is 0.536. The highest BCUT2D eigenvalue weighted by Crippen LogP contribution is 2.24. The third-order valence-electron chi connectivity index (χ3n) is 7.22. The summed E-state index contributed by atoms with van der Waals surface area (Å²) in [6.07, 6.45) is 8.22. The molecule has 0 aliphatic carbocycles. The Morgan fingerprint density at radius 1 is 0.938 bits per heavy atom. The predicted molar refractivity (Wildman–Crippen MR) is 129 cm³/mol. The molecule has 0 spiro atoms. The molecule has 4 rings (SSSR count). The van der Waals surface area contributed by atoms with Gasteiger partial charge in [-0.2, -0.15) is 0 Å². The Balaban J connectivity index is 1.19. The number of hydrogen-bond acceptors (Lipinski definition) is 3. The lowest BCUT2D eigenvalue weighted by molar-refractivity contribution is -0.118. The minimum Gasteiger partial charge on any atom is -0.303 e. The van der Waals surface area contributed by atoms with Crippen LogP contribution in [0.1, 0.15) is 56.1 Å². The Hall–Kier alpha value is -2.04. The Morgan fingerprint density at radius 3 is 2.31 bits per heavy atom. The van der Waals surface area contributed by atoms with Gasteiger partial charge in [-0.25, -0.2) is 4.39 Å². The fourth-order valence-corrected chi connectivity index (χ4v) is 5.21. The highest BCUT2D eigenvalue weighted by Gasteiger charge is 2.25. The van der Waals surface area contributed by atoms with Crippen molar-refractivity contribution in [2.75, 3.05) is 32.7 Å². The highest BCUT2D eigenvalue weighted by atomic mass is 19.1. The minimum absolute atomic E-state index is 0.134. The Bertz CT molecular complexity index is 881. The second-order valence-electron chi connectivity index (χ2n) is 9.66. The van der Waals surface area contributed by atoms with Crippen LogP contribution in [0.25, 0.3) is 11.1 Å². The number of benzene rings is 2. The second-order valence-corrected chi connectivity index (χ2v) is 9.66. The summed E-state index contributed by atoms with van der Waals surface area (Å²) in [5, 5.41) is 0. The largest absolute Gasteiger partial charge is 0.303 e. The van der Waals surface area contributed by atoms with E-state index in [9.17, 15) is 9.18 Å². The van der Waals surface area contributed by atoms with E-state index in [4.69, 9.17) is 0 Å². The topological polar surface area (TPSA) is 23.6 Å². The van der Waals surface area contributed by atoms with Gasteiger partial charge in [-0.05, 0) is 94.5 Å². The van der Waals surface area contributed by atoms with Crippen LogP contribution in [-0.2, 0) is 11.2 Å². The Morgan fingerprint density at radius 2 is 1.62 bits per heavy atom. The van der Waals surface area contributed by atoms with Gasteiger partial charge in [0, 0.05) is 18.9 Å². The molecule has 172 valence electrons. The molecule has 2 aliphatic rings. The van der Waals surface area contributed by atoms with Crippen LogP contribution in [-0.4, -0.2) is 54.3 Å². The molecular weight excluding hydrogens is 399 g/mol. The molecule has 0 N–H and O–H groups in total. The lowest BCUT2D eigenvalue weighted by Gasteiger charge is -2.40. The first-order valence-electron chi connectivity index (χ1n) is 12.4. The summed E-state index contributed by atoms with van der Waals surface area (Å²) < 4.78 is 14.6. The van der Waals surface area contributed by atoms with Crippen molar-refractivity contribution in [3.63, 3.8) is 0 Å². The number of halogens is 1. The van der Waals surface area contributed by atoms with Gasteiger partial charge in [0.2, 0.25) is 0 Å². The number of aryl methyl sites for hydroxylation is 1. The van der Waals surface area contributed by atoms with Gasteiger partial charge in [0.1, 0.15) is 11.6 Å². The van der Waals surface area contributed by atoms with Gasteiger partial charge in [0.25, 0.3) is 0 Å². The van der Waals surface area contributed by atoms with Gasteiger partial charge in [-0.1, -0.05) is 48.4 Å². The third-order valence-corrected chi connectivity index (χ3v) is 7.22. The summed E-state index contributed by atoms with van der Waals surface area (Å²) in [5.74, 6) is -0.147. The molecule has 0 amide bonds. The van der Waals surface area contributed by atoms with E-state index in [0.29, 0.717) is 12.0 Å². The Labute approximate surface area is 192 Å². The van der Waals surface area contributed by atoms with E-state index in [2.05, 4.69) is 9.80 Å². The quantitative estimate of drug-likeness (QED) is 0.535. The standard InChI is InChI=1S/C28H37FN2O/c1-22-7-9-23(10-8-22)24-11-12-25(28(29)21-24)20-27(32)6-5-15-30-18-13-26(14-19-30)31-16-3-2-4-17-31/h7-12,21,26H,2-6,13-20H2,1H3. The Kier molecular flexibility index (Phi) is 8.10. The molecule has 2 saturated heterocycles. The van der Waals surface area contributed by atoms with Crippen LogP contribution in [0.2, 0.25) is 0 Å². The fourth-order valence-electron chi connectivity index (χ4n) is 5.21. The van der Waals surface area contributed by atoms with Crippen LogP contribution in [0.15, 0.2) is 42.5 Å². The van der Waals surface area contributed by atoms with Crippen molar-refractivity contribution in [1.29, 1.82) is 0 Å². The number of nitrogens with zero attached hydrogens (tertiary/aromatic N) is 2.